The molecule has 0 N–H and O–H groups in total. The van der Waals surface area contributed by atoms with Gasteiger partial charge in [-0.3, -0.25) is 9.97 Å². The number of rotatable bonds is 12. The lowest BCUT2D eigenvalue weighted by Gasteiger charge is -2.26. The monoisotopic (exact) mass is 834 g/mol. The van der Waals surface area contributed by atoms with Crippen molar-refractivity contribution in [2.45, 2.75) is 109 Å². The highest BCUT2D eigenvalue weighted by Gasteiger charge is 2.23. The van der Waals surface area contributed by atoms with Gasteiger partial charge in [0.1, 0.15) is 0 Å². The van der Waals surface area contributed by atoms with Crippen molar-refractivity contribution in [3.8, 4) is 0 Å². The zero-order chi connectivity index (χ0) is 41.8. The van der Waals surface area contributed by atoms with E-state index in [2.05, 4.69) is 109 Å². The Morgan fingerprint density at radius 3 is 1.37 bits per heavy atom. The molecule has 2 heterocycles. The van der Waals surface area contributed by atoms with E-state index in [1.165, 1.54) is 92.9 Å². The zero-order valence-electron chi connectivity index (χ0n) is 35.1. The number of pyridine rings is 2. The third kappa shape index (κ3) is 11.1. The average Bonchev–Trinajstić information content (AvgIpc) is 3.28. The van der Waals surface area contributed by atoms with Crippen molar-refractivity contribution in [3.05, 3.63) is 177 Å². The molecule has 6 aromatic rings. The minimum Gasteiger partial charge on any atom is -0.465 e. The molecule has 60 heavy (non-hydrogen) atoms. The summed E-state index contributed by atoms with van der Waals surface area (Å²) in [5.74, 6) is 0.485. The largest absolute Gasteiger partial charge is 0.465 e. The molecule has 0 spiro atoms. The number of hydrogen-bond acceptors (Lipinski definition) is 8. The standard InChI is InChI=1S/2C26H27NO2S/c2*1-18-6-10-22(11-7-18)30-23-12-13-24-19(4-3-5-20(24)16-23)8-9-21-17-27-15-14-25(21)26(28)29-2/h2*6-7,10-17,19H,3-5,8-9H2,1-2H3/t2*19-/m10/s1. The van der Waals surface area contributed by atoms with Gasteiger partial charge in [0, 0.05) is 44.4 Å². The SMILES string of the molecule is COC(=O)c1ccncc1CC[C@@H]1CCCc2cc(Sc3ccc(C)cc3)ccc21.COC(=O)c1ccncc1CC[C@H]1CCCc2cc(Sc3ccc(C)cc3)ccc21. The van der Waals surface area contributed by atoms with Crippen LogP contribution in [0.4, 0.5) is 0 Å². The normalized spacial score (nSPS) is 15.5. The van der Waals surface area contributed by atoms with Crippen LogP contribution in [0.25, 0.3) is 0 Å². The molecule has 2 atom stereocenters. The lowest BCUT2D eigenvalue weighted by molar-refractivity contribution is 0.0590. The molecule has 0 amide bonds. The Bertz CT molecular complexity index is 2230. The molecule has 2 aliphatic carbocycles. The van der Waals surface area contributed by atoms with Gasteiger partial charge in [0.25, 0.3) is 0 Å². The quantitative estimate of drug-likeness (QED) is 0.113. The van der Waals surface area contributed by atoms with E-state index in [0.717, 1.165) is 49.7 Å². The predicted octanol–water partition coefficient (Wildman–Crippen LogP) is 12.8. The second kappa shape index (κ2) is 20.9. The van der Waals surface area contributed by atoms with Gasteiger partial charge in [-0.25, -0.2) is 9.59 Å². The van der Waals surface area contributed by atoms with Crippen LogP contribution < -0.4 is 0 Å². The van der Waals surface area contributed by atoms with Gasteiger partial charge in [-0.2, -0.15) is 0 Å². The van der Waals surface area contributed by atoms with E-state index in [1.54, 1.807) is 36.9 Å². The molecule has 0 radical (unpaired) electrons. The zero-order valence-corrected chi connectivity index (χ0v) is 36.7. The molecular weight excluding hydrogens is 781 g/mol. The number of methoxy groups -OCH3 is 2. The van der Waals surface area contributed by atoms with E-state index in [9.17, 15) is 9.59 Å². The molecular formula is C52H54N2O4S2. The van der Waals surface area contributed by atoms with Crippen molar-refractivity contribution in [2.75, 3.05) is 14.2 Å². The fourth-order valence-corrected chi connectivity index (χ4v) is 10.3. The highest BCUT2D eigenvalue weighted by atomic mass is 32.2. The van der Waals surface area contributed by atoms with Gasteiger partial charge in [0.05, 0.1) is 25.3 Å². The number of esters is 2. The third-order valence-electron chi connectivity index (χ3n) is 11.8. The second-order valence-corrected chi connectivity index (χ2v) is 18.1. The lowest BCUT2D eigenvalue weighted by Crippen LogP contribution is -2.12. The van der Waals surface area contributed by atoms with Crippen LogP contribution >= 0.6 is 23.5 Å². The van der Waals surface area contributed by atoms with Gasteiger partial charge in [-0.15, -0.1) is 0 Å². The highest BCUT2D eigenvalue weighted by molar-refractivity contribution is 7.99. The Hall–Kier alpha value is -5.18. The molecule has 0 unspecified atom stereocenters. The second-order valence-electron chi connectivity index (χ2n) is 15.9. The van der Waals surface area contributed by atoms with Crippen LogP contribution in [0, 0.1) is 13.8 Å². The molecule has 0 fully saturated rings. The summed E-state index contributed by atoms with van der Waals surface area (Å²) >= 11 is 3.66. The number of fused-ring (bicyclic) bond motifs is 2. The van der Waals surface area contributed by atoms with Crippen molar-refractivity contribution in [3.63, 3.8) is 0 Å². The summed E-state index contributed by atoms with van der Waals surface area (Å²) < 4.78 is 9.85. The first-order valence-electron chi connectivity index (χ1n) is 21.0. The van der Waals surface area contributed by atoms with Crippen molar-refractivity contribution in [2.24, 2.45) is 0 Å². The van der Waals surface area contributed by atoms with Crippen molar-refractivity contribution in [1.82, 2.24) is 9.97 Å². The third-order valence-corrected chi connectivity index (χ3v) is 13.8. The Balaban J connectivity index is 0.000000181. The summed E-state index contributed by atoms with van der Waals surface area (Å²) in [6, 6.07) is 34.8. The molecule has 0 saturated heterocycles. The first-order valence-corrected chi connectivity index (χ1v) is 22.7. The molecule has 2 aromatic heterocycles. The van der Waals surface area contributed by atoms with Crippen LogP contribution in [0.2, 0.25) is 0 Å². The molecule has 0 saturated carbocycles. The maximum atomic E-state index is 12.0. The maximum Gasteiger partial charge on any atom is 0.338 e. The van der Waals surface area contributed by atoms with Gasteiger partial charge in [-0.1, -0.05) is 71.0 Å². The van der Waals surface area contributed by atoms with E-state index in [4.69, 9.17) is 9.47 Å². The summed E-state index contributed by atoms with van der Waals surface area (Å²) in [5, 5.41) is 0. The van der Waals surface area contributed by atoms with Crippen LogP contribution in [-0.4, -0.2) is 36.1 Å². The van der Waals surface area contributed by atoms with Crippen molar-refractivity contribution in [1.29, 1.82) is 0 Å². The molecule has 308 valence electrons. The summed E-state index contributed by atoms with van der Waals surface area (Å²) in [6.45, 7) is 4.24. The summed E-state index contributed by atoms with van der Waals surface area (Å²) in [4.78, 5) is 37.7. The molecule has 6 nitrogen and oxygen atoms in total. The van der Waals surface area contributed by atoms with Crippen molar-refractivity contribution >= 4 is 35.5 Å². The number of hydrogen-bond donors (Lipinski definition) is 0. The Morgan fingerprint density at radius 1 is 0.567 bits per heavy atom. The smallest absolute Gasteiger partial charge is 0.338 e. The molecule has 2 aliphatic rings. The topological polar surface area (TPSA) is 78.4 Å². The van der Waals surface area contributed by atoms with Crippen molar-refractivity contribution < 1.29 is 19.1 Å². The molecule has 4 aromatic carbocycles. The fourth-order valence-electron chi connectivity index (χ4n) is 8.52. The van der Waals surface area contributed by atoms with E-state index in [-0.39, 0.29) is 11.9 Å². The number of carbonyl (C=O) groups is 2. The first-order chi connectivity index (χ1) is 29.3. The number of benzene rings is 4. The van der Waals surface area contributed by atoms with E-state index < -0.39 is 0 Å². The fraction of sp³-hybridized carbons (Fsp3) is 0.308. The Morgan fingerprint density at radius 2 is 0.967 bits per heavy atom. The summed E-state index contributed by atoms with van der Waals surface area (Å²) in [6.07, 6.45) is 17.7. The highest BCUT2D eigenvalue weighted by Crippen LogP contribution is 2.40. The van der Waals surface area contributed by atoms with Crippen LogP contribution in [0.15, 0.2) is 141 Å². The first kappa shape index (κ1) is 42.9. The molecule has 8 heteroatoms. The Kier molecular flexibility index (Phi) is 14.9. The maximum absolute atomic E-state index is 12.0. The number of aromatic nitrogens is 2. The van der Waals surface area contributed by atoms with Crippen LogP contribution in [0.5, 0.6) is 0 Å². The van der Waals surface area contributed by atoms with Crippen LogP contribution in [0.3, 0.4) is 0 Å². The Labute approximate surface area is 364 Å². The molecule has 0 aliphatic heterocycles. The van der Waals surface area contributed by atoms with Gasteiger partial charge < -0.3 is 9.47 Å². The van der Waals surface area contributed by atoms with Gasteiger partial charge in [0.2, 0.25) is 0 Å². The summed E-state index contributed by atoms with van der Waals surface area (Å²) in [7, 11) is 2.85. The average molecular weight is 835 g/mol. The predicted molar refractivity (Wildman–Crippen MR) is 243 cm³/mol. The molecule has 8 rings (SSSR count). The molecule has 0 bridgehead atoms. The number of carbonyl (C=O) groups excluding carboxylic acids is 2. The van der Waals surface area contributed by atoms with Crippen LogP contribution in [0.1, 0.15) is 116 Å². The van der Waals surface area contributed by atoms with Gasteiger partial charge >= 0.3 is 11.9 Å². The van der Waals surface area contributed by atoms with E-state index >= 15 is 0 Å². The van der Waals surface area contributed by atoms with Crippen LogP contribution in [-0.2, 0) is 35.2 Å². The van der Waals surface area contributed by atoms with Gasteiger partial charge in [0.15, 0.2) is 0 Å². The number of nitrogens with zero attached hydrogens (tertiary/aromatic N) is 2. The minimum absolute atomic E-state index is 0.283. The van der Waals surface area contributed by atoms with E-state index in [1.807, 2.05) is 23.5 Å². The summed E-state index contributed by atoms with van der Waals surface area (Å²) in [5.41, 5.74) is 11.7. The lowest BCUT2D eigenvalue weighted by atomic mass is 9.80. The number of aryl methyl sites for hydroxylation is 6. The van der Waals surface area contributed by atoms with Gasteiger partial charge in [-0.05, 0) is 184 Å². The number of ether oxygens (including phenoxy) is 2. The van der Waals surface area contributed by atoms with E-state index in [0.29, 0.717) is 23.0 Å². The minimum atomic E-state index is -0.283.